The first kappa shape index (κ1) is 14.5. The third-order valence-corrected chi connectivity index (χ3v) is 4.06. The second-order valence-electron chi connectivity index (χ2n) is 5.64. The molecule has 1 aliphatic heterocycles. The number of nitrogens with zero attached hydrogens (tertiary/aromatic N) is 2. The van der Waals surface area contributed by atoms with Gasteiger partial charge < -0.3 is 5.73 Å². The Balaban J connectivity index is 1.90. The number of hydrogen-bond donors (Lipinski definition) is 1. The number of carbonyl (C=O) groups excluding carboxylic acids is 1. The lowest BCUT2D eigenvalue weighted by molar-refractivity contribution is -0.119. The van der Waals surface area contributed by atoms with Gasteiger partial charge in [-0.05, 0) is 62.0 Å². The van der Waals surface area contributed by atoms with E-state index in [1.54, 1.807) is 0 Å². The number of hydrogen-bond acceptors (Lipinski definition) is 3. The summed E-state index contributed by atoms with van der Waals surface area (Å²) in [5.41, 5.74) is 8.41. The summed E-state index contributed by atoms with van der Waals surface area (Å²) in [6.45, 7) is 4.99. The Morgan fingerprint density at radius 1 is 1.45 bits per heavy atom. The van der Waals surface area contributed by atoms with Gasteiger partial charge in [-0.1, -0.05) is 6.07 Å². The zero-order chi connectivity index (χ0) is 14.5. The van der Waals surface area contributed by atoms with Crippen molar-refractivity contribution in [2.75, 3.05) is 13.1 Å². The number of amides is 1. The van der Waals surface area contributed by atoms with Crippen LogP contribution in [0.15, 0.2) is 18.2 Å². The summed E-state index contributed by atoms with van der Waals surface area (Å²) in [5.74, 6) is 0.261. The standard InChI is InChI=1S/C16H21N3O/c1-12-8-14(10-17)2-3-15(12)11-19-6-4-13(5-7-19)9-16(18)20/h2-3,8,13H,4-7,9,11H2,1H3,(H2,18,20). The average Bonchev–Trinajstić information content (AvgIpc) is 2.42. The van der Waals surface area contributed by atoms with Gasteiger partial charge in [0.15, 0.2) is 0 Å². The number of rotatable bonds is 4. The van der Waals surface area contributed by atoms with E-state index in [4.69, 9.17) is 11.0 Å². The zero-order valence-electron chi connectivity index (χ0n) is 11.9. The van der Waals surface area contributed by atoms with E-state index in [2.05, 4.69) is 17.9 Å². The molecule has 0 spiro atoms. The van der Waals surface area contributed by atoms with Gasteiger partial charge in [-0.2, -0.15) is 5.26 Å². The van der Waals surface area contributed by atoms with Gasteiger partial charge in [-0.3, -0.25) is 9.69 Å². The van der Waals surface area contributed by atoms with Crippen molar-refractivity contribution in [3.05, 3.63) is 34.9 Å². The van der Waals surface area contributed by atoms with Crippen molar-refractivity contribution in [3.63, 3.8) is 0 Å². The largest absolute Gasteiger partial charge is 0.370 e. The van der Waals surface area contributed by atoms with Crippen molar-refractivity contribution < 1.29 is 4.79 Å². The Morgan fingerprint density at radius 2 is 2.15 bits per heavy atom. The number of nitriles is 1. The maximum absolute atomic E-state index is 10.9. The summed E-state index contributed by atoms with van der Waals surface area (Å²) in [7, 11) is 0. The monoisotopic (exact) mass is 271 g/mol. The molecule has 1 fully saturated rings. The Hall–Kier alpha value is -1.86. The first-order valence-corrected chi connectivity index (χ1v) is 7.08. The molecular weight excluding hydrogens is 250 g/mol. The van der Waals surface area contributed by atoms with Crippen LogP contribution in [0.3, 0.4) is 0 Å². The second-order valence-corrected chi connectivity index (χ2v) is 5.64. The average molecular weight is 271 g/mol. The van der Waals surface area contributed by atoms with Crippen LogP contribution < -0.4 is 5.73 Å². The van der Waals surface area contributed by atoms with E-state index in [9.17, 15) is 4.79 Å². The number of likely N-dealkylation sites (tertiary alicyclic amines) is 1. The van der Waals surface area contributed by atoms with E-state index >= 15 is 0 Å². The number of benzene rings is 1. The summed E-state index contributed by atoms with van der Waals surface area (Å²) in [6.07, 6.45) is 2.60. The molecule has 0 aliphatic carbocycles. The summed E-state index contributed by atoms with van der Waals surface area (Å²) >= 11 is 0. The minimum atomic E-state index is -0.189. The van der Waals surface area contributed by atoms with Crippen LogP contribution in [0.25, 0.3) is 0 Å². The van der Waals surface area contributed by atoms with Gasteiger partial charge in [-0.25, -0.2) is 0 Å². The number of primary amides is 1. The molecule has 2 N–H and O–H groups in total. The molecule has 1 aliphatic rings. The molecule has 106 valence electrons. The fraction of sp³-hybridized carbons (Fsp3) is 0.500. The van der Waals surface area contributed by atoms with Crippen LogP contribution in [0.5, 0.6) is 0 Å². The number of piperidine rings is 1. The first-order chi connectivity index (χ1) is 9.58. The predicted molar refractivity (Wildman–Crippen MR) is 77.7 cm³/mol. The quantitative estimate of drug-likeness (QED) is 0.910. The van der Waals surface area contributed by atoms with Crippen LogP contribution in [0.1, 0.15) is 36.0 Å². The minimum Gasteiger partial charge on any atom is -0.370 e. The molecule has 4 nitrogen and oxygen atoms in total. The molecule has 0 radical (unpaired) electrons. The van der Waals surface area contributed by atoms with Crippen LogP contribution >= 0.6 is 0 Å². The molecule has 1 heterocycles. The lowest BCUT2D eigenvalue weighted by atomic mass is 9.93. The third-order valence-electron chi connectivity index (χ3n) is 4.06. The zero-order valence-corrected chi connectivity index (χ0v) is 11.9. The van der Waals surface area contributed by atoms with Crippen molar-refractivity contribution in [2.24, 2.45) is 11.7 Å². The summed E-state index contributed by atoms with van der Waals surface area (Å²) in [4.78, 5) is 13.3. The second kappa shape index (κ2) is 6.53. The topological polar surface area (TPSA) is 70.1 Å². The van der Waals surface area contributed by atoms with Crippen molar-refractivity contribution in [1.82, 2.24) is 4.90 Å². The number of nitrogens with two attached hydrogens (primary N) is 1. The first-order valence-electron chi connectivity index (χ1n) is 7.08. The van der Waals surface area contributed by atoms with Gasteiger partial charge in [0.25, 0.3) is 0 Å². The highest BCUT2D eigenvalue weighted by atomic mass is 16.1. The summed E-state index contributed by atoms with van der Waals surface area (Å²) < 4.78 is 0. The fourth-order valence-corrected chi connectivity index (χ4v) is 2.82. The van der Waals surface area contributed by atoms with E-state index in [0.29, 0.717) is 17.9 Å². The maximum atomic E-state index is 10.9. The molecule has 0 atom stereocenters. The highest BCUT2D eigenvalue weighted by Gasteiger charge is 2.20. The molecule has 4 heteroatoms. The van der Waals surface area contributed by atoms with Gasteiger partial charge in [0.2, 0.25) is 5.91 Å². The Kier molecular flexibility index (Phi) is 4.75. The van der Waals surface area contributed by atoms with Gasteiger partial charge in [0, 0.05) is 13.0 Å². The molecule has 20 heavy (non-hydrogen) atoms. The van der Waals surface area contributed by atoms with Crippen LogP contribution in [-0.4, -0.2) is 23.9 Å². The lowest BCUT2D eigenvalue weighted by Gasteiger charge is -2.31. The van der Waals surface area contributed by atoms with Gasteiger partial charge in [0.05, 0.1) is 11.6 Å². The molecular formula is C16H21N3O. The van der Waals surface area contributed by atoms with Crippen LogP contribution in [-0.2, 0) is 11.3 Å². The van der Waals surface area contributed by atoms with Gasteiger partial charge >= 0.3 is 0 Å². The van der Waals surface area contributed by atoms with E-state index in [1.807, 2.05) is 18.2 Å². The number of aryl methyl sites for hydroxylation is 1. The minimum absolute atomic E-state index is 0.189. The Labute approximate surface area is 120 Å². The van der Waals surface area contributed by atoms with E-state index < -0.39 is 0 Å². The SMILES string of the molecule is Cc1cc(C#N)ccc1CN1CCC(CC(N)=O)CC1. The molecule has 1 aromatic rings. The Bertz CT molecular complexity index is 525. The summed E-state index contributed by atoms with van der Waals surface area (Å²) in [6, 6.07) is 8.03. The molecule has 1 aromatic carbocycles. The van der Waals surface area contributed by atoms with Crippen LogP contribution in [0.4, 0.5) is 0 Å². The highest BCUT2D eigenvalue weighted by molar-refractivity contribution is 5.73. The molecule has 0 saturated carbocycles. The van der Waals surface area contributed by atoms with Crippen molar-refractivity contribution in [2.45, 2.75) is 32.7 Å². The van der Waals surface area contributed by atoms with Gasteiger partial charge in [-0.15, -0.1) is 0 Å². The Morgan fingerprint density at radius 3 is 2.70 bits per heavy atom. The normalized spacial score (nSPS) is 16.8. The van der Waals surface area contributed by atoms with E-state index in [0.717, 1.165) is 32.5 Å². The van der Waals surface area contributed by atoms with Crippen LogP contribution in [0.2, 0.25) is 0 Å². The van der Waals surface area contributed by atoms with E-state index in [-0.39, 0.29) is 5.91 Å². The van der Waals surface area contributed by atoms with Gasteiger partial charge in [0.1, 0.15) is 0 Å². The third kappa shape index (κ3) is 3.82. The van der Waals surface area contributed by atoms with Crippen molar-refractivity contribution in [3.8, 4) is 6.07 Å². The number of carbonyl (C=O) groups is 1. The molecule has 2 rings (SSSR count). The molecule has 1 amide bonds. The molecule has 0 aromatic heterocycles. The van der Waals surface area contributed by atoms with Crippen molar-refractivity contribution in [1.29, 1.82) is 5.26 Å². The highest BCUT2D eigenvalue weighted by Crippen LogP contribution is 2.22. The smallest absolute Gasteiger partial charge is 0.217 e. The molecule has 0 unspecified atom stereocenters. The molecule has 0 bridgehead atoms. The summed E-state index contributed by atoms with van der Waals surface area (Å²) in [5, 5.41) is 8.88. The maximum Gasteiger partial charge on any atom is 0.217 e. The predicted octanol–water partition coefficient (Wildman–Crippen LogP) is 1.95. The molecule has 1 saturated heterocycles. The lowest BCUT2D eigenvalue weighted by Crippen LogP contribution is -2.34. The fourth-order valence-electron chi connectivity index (χ4n) is 2.82. The van der Waals surface area contributed by atoms with Crippen molar-refractivity contribution >= 4 is 5.91 Å². The van der Waals surface area contributed by atoms with E-state index in [1.165, 1.54) is 11.1 Å². The van der Waals surface area contributed by atoms with Crippen LogP contribution in [0, 0.1) is 24.2 Å².